The number of anilines is 2. The first-order chi connectivity index (χ1) is 9.51. The minimum atomic E-state index is -2.26. The minimum absolute atomic E-state index is 0.199. The van der Waals surface area contributed by atoms with E-state index in [9.17, 15) is 8.76 Å². The smallest absolute Gasteiger partial charge is 0.269 e. The van der Waals surface area contributed by atoms with Crippen LogP contribution in [0.15, 0.2) is 36.9 Å². The number of nitrogens with zero attached hydrogens (tertiary/aromatic N) is 3. The van der Waals surface area contributed by atoms with Crippen LogP contribution in [0, 0.1) is 13.8 Å². The van der Waals surface area contributed by atoms with Crippen molar-refractivity contribution < 1.29 is 8.76 Å². The standard InChI is InChI=1S/C14H15N3O2S/c1-4-12-6-5-7-13(9-12)17(20(18)19)14-15-10(2)8-11(3)16-14/h4-9H,1H2,2-3H3,(H,18,19). The van der Waals surface area contributed by atoms with E-state index in [-0.39, 0.29) is 5.95 Å². The molecule has 1 N–H and O–H groups in total. The Morgan fingerprint density at radius 3 is 2.45 bits per heavy atom. The van der Waals surface area contributed by atoms with Gasteiger partial charge in [-0.2, -0.15) is 0 Å². The Labute approximate surface area is 120 Å². The second kappa shape index (κ2) is 5.94. The monoisotopic (exact) mass is 289 g/mol. The van der Waals surface area contributed by atoms with Crippen molar-refractivity contribution in [3.63, 3.8) is 0 Å². The highest BCUT2D eigenvalue weighted by Gasteiger charge is 2.18. The Morgan fingerprint density at radius 2 is 1.90 bits per heavy atom. The topological polar surface area (TPSA) is 66.3 Å². The van der Waals surface area contributed by atoms with E-state index in [0.717, 1.165) is 17.0 Å². The van der Waals surface area contributed by atoms with Gasteiger partial charge in [-0.1, -0.05) is 24.8 Å². The average Bonchev–Trinajstić information content (AvgIpc) is 2.37. The van der Waals surface area contributed by atoms with Gasteiger partial charge in [0.05, 0.1) is 5.69 Å². The first kappa shape index (κ1) is 14.4. The highest BCUT2D eigenvalue weighted by molar-refractivity contribution is 7.81. The quantitative estimate of drug-likeness (QED) is 0.879. The van der Waals surface area contributed by atoms with Crippen molar-refractivity contribution in [2.24, 2.45) is 0 Å². The van der Waals surface area contributed by atoms with Crippen molar-refractivity contribution in [3.8, 4) is 0 Å². The molecule has 0 saturated heterocycles. The highest BCUT2D eigenvalue weighted by atomic mass is 32.2. The second-order valence-electron chi connectivity index (χ2n) is 4.27. The molecule has 0 radical (unpaired) electrons. The van der Waals surface area contributed by atoms with E-state index in [1.807, 2.05) is 26.0 Å². The zero-order valence-electron chi connectivity index (χ0n) is 11.3. The zero-order valence-corrected chi connectivity index (χ0v) is 12.1. The van der Waals surface area contributed by atoms with Crippen molar-refractivity contribution in [1.82, 2.24) is 9.97 Å². The minimum Gasteiger partial charge on any atom is -0.289 e. The third-order valence-corrected chi connectivity index (χ3v) is 3.34. The molecule has 0 bridgehead atoms. The lowest BCUT2D eigenvalue weighted by molar-refractivity contribution is 0.563. The number of aromatic nitrogens is 2. The largest absolute Gasteiger partial charge is 0.289 e. The Hall–Kier alpha value is -2.05. The first-order valence-corrected chi connectivity index (χ1v) is 7.03. The maximum Gasteiger partial charge on any atom is 0.269 e. The third kappa shape index (κ3) is 3.09. The van der Waals surface area contributed by atoms with Crippen LogP contribution in [0.4, 0.5) is 11.6 Å². The molecule has 0 aliphatic rings. The van der Waals surface area contributed by atoms with E-state index in [0.29, 0.717) is 5.69 Å². The summed E-state index contributed by atoms with van der Waals surface area (Å²) >= 11 is -2.26. The molecule has 0 aliphatic carbocycles. The zero-order chi connectivity index (χ0) is 14.7. The Balaban J connectivity index is 2.55. The summed E-state index contributed by atoms with van der Waals surface area (Å²) < 4.78 is 22.4. The van der Waals surface area contributed by atoms with E-state index < -0.39 is 11.3 Å². The van der Waals surface area contributed by atoms with Gasteiger partial charge in [0.1, 0.15) is 0 Å². The van der Waals surface area contributed by atoms with Crippen LogP contribution < -0.4 is 4.31 Å². The van der Waals surface area contributed by atoms with Gasteiger partial charge in [0, 0.05) is 11.4 Å². The van der Waals surface area contributed by atoms with E-state index >= 15 is 0 Å². The van der Waals surface area contributed by atoms with Gasteiger partial charge in [0.2, 0.25) is 5.95 Å². The molecule has 0 amide bonds. The van der Waals surface area contributed by atoms with Crippen molar-refractivity contribution in [2.45, 2.75) is 13.8 Å². The van der Waals surface area contributed by atoms with Crippen LogP contribution in [0.2, 0.25) is 0 Å². The van der Waals surface area contributed by atoms with E-state index in [1.165, 1.54) is 4.31 Å². The van der Waals surface area contributed by atoms with Crippen LogP contribution in [-0.2, 0) is 11.3 Å². The van der Waals surface area contributed by atoms with E-state index in [2.05, 4.69) is 16.5 Å². The van der Waals surface area contributed by atoms with E-state index in [4.69, 9.17) is 0 Å². The highest BCUT2D eigenvalue weighted by Crippen LogP contribution is 2.25. The van der Waals surface area contributed by atoms with Gasteiger partial charge < -0.3 is 0 Å². The van der Waals surface area contributed by atoms with Gasteiger partial charge in [-0.05, 0) is 37.6 Å². The molecule has 20 heavy (non-hydrogen) atoms. The van der Waals surface area contributed by atoms with Crippen LogP contribution in [-0.4, -0.2) is 18.7 Å². The molecule has 2 aromatic rings. The molecule has 6 heteroatoms. The van der Waals surface area contributed by atoms with Gasteiger partial charge in [-0.3, -0.25) is 4.55 Å². The van der Waals surface area contributed by atoms with Crippen LogP contribution in [0.1, 0.15) is 17.0 Å². The molecule has 1 aromatic carbocycles. The predicted octanol–water partition coefficient (Wildman–Crippen LogP) is 3.01. The van der Waals surface area contributed by atoms with Gasteiger partial charge in [0.15, 0.2) is 0 Å². The van der Waals surface area contributed by atoms with Crippen molar-refractivity contribution in [2.75, 3.05) is 4.31 Å². The van der Waals surface area contributed by atoms with Gasteiger partial charge >= 0.3 is 0 Å². The summed E-state index contributed by atoms with van der Waals surface area (Å²) in [5.41, 5.74) is 2.86. The van der Waals surface area contributed by atoms with E-state index in [1.54, 1.807) is 24.3 Å². The molecular formula is C14H15N3O2S. The number of hydrogen-bond acceptors (Lipinski definition) is 3. The summed E-state index contributed by atoms with van der Waals surface area (Å²) in [6.45, 7) is 7.32. The second-order valence-corrected chi connectivity index (χ2v) is 5.10. The Kier molecular flexibility index (Phi) is 4.26. The summed E-state index contributed by atoms with van der Waals surface area (Å²) in [5, 5.41) is 0. The normalized spacial score (nSPS) is 11.9. The van der Waals surface area contributed by atoms with Crippen LogP contribution in [0.5, 0.6) is 0 Å². The number of benzene rings is 1. The lowest BCUT2D eigenvalue weighted by atomic mass is 10.2. The molecule has 1 atom stereocenters. The number of aryl methyl sites for hydroxylation is 2. The van der Waals surface area contributed by atoms with Crippen LogP contribution >= 0.6 is 0 Å². The summed E-state index contributed by atoms with van der Waals surface area (Å²) in [6, 6.07) is 8.93. The summed E-state index contributed by atoms with van der Waals surface area (Å²) in [7, 11) is 0. The summed E-state index contributed by atoms with van der Waals surface area (Å²) in [4.78, 5) is 8.45. The lowest BCUT2D eigenvalue weighted by Gasteiger charge is -2.18. The number of rotatable bonds is 4. The lowest BCUT2D eigenvalue weighted by Crippen LogP contribution is -2.22. The molecule has 5 nitrogen and oxygen atoms in total. The molecule has 104 valence electrons. The van der Waals surface area contributed by atoms with Crippen molar-refractivity contribution in [1.29, 1.82) is 0 Å². The van der Waals surface area contributed by atoms with Gasteiger partial charge in [0.25, 0.3) is 11.3 Å². The molecule has 1 aromatic heterocycles. The van der Waals surface area contributed by atoms with Gasteiger partial charge in [-0.15, -0.1) is 0 Å². The average molecular weight is 289 g/mol. The molecule has 0 saturated carbocycles. The van der Waals surface area contributed by atoms with Gasteiger partial charge in [-0.25, -0.2) is 18.5 Å². The number of hydrogen-bond donors (Lipinski definition) is 1. The molecule has 1 unspecified atom stereocenters. The Bertz CT molecular complexity index is 653. The fraction of sp³-hybridized carbons (Fsp3) is 0.143. The molecule has 2 rings (SSSR count). The van der Waals surface area contributed by atoms with Crippen LogP contribution in [0.3, 0.4) is 0 Å². The maximum atomic E-state index is 11.7. The predicted molar refractivity (Wildman–Crippen MR) is 80.9 cm³/mol. The molecular weight excluding hydrogens is 274 g/mol. The first-order valence-electron chi connectivity index (χ1n) is 5.97. The summed E-state index contributed by atoms with van der Waals surface area (Å²) in [6.07, 6.45) is 1.67. The molecule has 0 fully saturated rings. The molecule has 0 aliphatic heterocycles. The molecule has 0 spiro atoms. The molecule has 1 heterocycles. The third-order valence-electron chi connectivity index (χ3n) is 2.65. The Morgan fingerprint density at radius 1 is 1.25 bits per heavy atom. The fourth-order valence-electron chi connectivity index (χ4n) is 1.85. The SMILES string of the molecule is C=Cc1cccc(N(c2nc(C)cc(C)n2)S(=O)O)c1. The van der Waals surface area contributed by atoms with Crippen LogP contribution in [0.25, 0.3) is 6.08 Å². The van der Waals surface area contributed by atoms with Crippen molar-refractivity contribution in [3.05, 3.63) is 53.9 Å². The van der Waals surface area contributed by atoms with Crippen molar-refractivity contribution >= 4 is 29.0 Å². The fourth-order valence-corrected chi connectivity index (χ4v) is 2.37. The summed E-state index contributed by atoms with van der Waals surface area (Å²) in [5.74, 6) is 0.199. The maximum absolute atomic E-state index is 11.7.